The molecule has 5 nitrogen and oxygen atoms in total. The molecule has 2 N–H and O–H groups in total. The predicted molar refractivity (Wildman–Crippen MR) is 106 cm³/mol. The number of hydrogen-bond acceptors (Lipinski definition) is 4. The second-order valence-corrected chi connectivity index (χ2v) is 9.88. The number of carbonyl (C=O) groups excluding carboxylic acids is 1. The zero-order valence-electron chi connectivity index (χ0n) is 14.9. The third-order valence-electron chi connectivity index (χ3n) is 4.17. The minimum Gasteiger partial charge on any atom is -0.325 e. The van der Waals surface area contributed by atoms with Crippen LogP contribution in [0.25, 0.3) is 0 Å². The zero-order chi connectivity index (χ0) is 18.9. The maximum absolute atomic E-state index is 12.7. The van der Waals surface area contributed by atoms with Gasteiger partial charge in [-0.05, 0) is 41.8 Å². The Balaban J connectivity index is 1.86. The van der Waals surface area contributed by atoms with Crippen molar-refractivity contribution in [3.05, 3.63) is 48.0 Å². The monoisotopic (exact) mass is 390 g/mol. The highest BCUT2D eigenvalue weighted by molar-refractivity contribution is 8.00. The Labute approximate surface area is 158 Å². The summed E-state index contributed by atoms with van der Waals surface area (Å²) in [7, 11) is -3.73. The van der Waals surface area contributed by atoms with E-state index in [0.29, 0.717) is 23.7 Å². The summed E-state index contributed by atoms with van der Waals surface area (Å²) >= 11 is 1.57. The first-order valence-corrected chi connectivity index (χ1v) is 10.8. The molecule has 0 bridgehead atoms. The Bertz CT molecular complexity index is 922. The molecular weight excluding hydrogens is 368 g/mol. The van der Waals surface area contributed by atoms with E-state index in [1.54, 1.807) is 36.0 Å². The van der Waals surface area contributed by atoms with Gasteiger partial charge in [0.25, 0.3) is 10.0 Å². The van der Waals surface area contributed by atoms with Gasteiger partial charge in [-0.2, -0.15) is 0 Å². The molecule has 1 aliphatic heterocycles. The van der Waals surface area contributed by atoms with E-state index >= 15 is 0 Å². The van der Waals surface area contributed by atoms with Crippen LogP contribution >= 0.6 is 11.8 Å². The number of anilines is 2. The molecule has 1 heterocycles. The van der Waals surface area contributed by atoms with Crippen LogP contribution < -0.4 is 10.0 Å². The predicted octanol–water partition coefficient (Wildman–Crippen LogP) is 4.43. The van der Waals surface area contributed by atoms with Crippen molar-refractivity contribution >= 4 is 39.1 Å². The largest absolute Gasteiger partial charge is 0.325 e. The zero-order valence-corrected chi connectivity index (χ0v) is 16.6. The number of amides is 1. The maximum Gasteiger partial charge on any atom is 0.261 e. The molecule has 0 saturated carbocycles. The summed E-state index contributed by atoms with van der Waals surface area (Å²) in [6.07, 6.45) is 0.405. The van der Waals surface area contributed by atoms with Gasteiger partial charge < -0.3 is 5.32 Å². The molecule has 7 heteroatoms. The van der Waals surface area contributed by atoms with Gasteiger partial charge in [-0.15, -0.1) is 11.8 Å². The fraction of sp³-hybridized carbons (Fsp3) is 0.316. The fourth-order valence-electron chi connectivity index (χ4n) is 2.75. The van der Waals surface area contributed by atoms with Crippen LogP contribution in [-0.2, 0) is 14.8 Å². The van der Waals surface area contributed by atoms with Gasteiger partial charge in [0, 0.05) is 22.3 Å². The van der Waals surface area contributed by atoms with Crippen molar-refractivity contribution in [2.24, 2.45) is 0 Å². The van der Waals surface area contributed by atoms with Crippen molar-refractivity contribution in [2.45, 2.75) is 48.2 Å². The molecule has 138 valence electrons. The molecule has 0 fully saturated rings. The molecule has 0 radical (unpaired) electrons. The van der Waals surface area contributed by atoms with Gasteiger partial charge in [0.15, 0.2) is 0 Å². The average Bonchev–Trinajstić information content (AvgIpc) is 2.70. The van der Waals surface area contributed by atoms with Crippen molar-refractivity contribution in [3.8, 4) is 0 Å². The Hall–Kier alpha value is -1.99. The molecule has 3 rings (SSSR count). The van der Waals surface area contributed by atoms with Crippen LogP contribution in [-0.4, -0.2) is 19.6 Å². The van der Waals surface area contributed by atoms with Crippen LogP contribution in [0.3, 0.4) is 0 Å². The van der Waals surface area contributed by atoms with Gasteiger partial charge >= 0.3 is 0 Å². The van der Waals surface area contributed by atoms with Crippen molar-refractivity contribution in [1.82, 2.24) is 0 Å². The van der Waals surface area contributed by atoms with Gasteiger partial charge in [-0.25, -0.2) is 8.42 Å². The van der Waals surface area contributed by atoms with E-state index in [1.165, 1.54) is 6.07 Å². The van der Waals surface area contributed by atoms with Crippen LogP contribution in [0, 0.1) is 0 Å². The Kier molecular flexibility index (Phi) is 5.29. The Morgan fingerprint density at radius 3 is 2.50 bits per heavy atom. The molecule has 0 unspecified atom stereocenters. The van der Waals surface area contributed by atoms with Crippen LogP contribution in [0.5, 0.6) is 0 Å². The minimum atomic E-state index is -3.73. The van der Waals surface area contributed by atoms with Gasteiger partial charge in [0.1, 0.15) is 0 Å². The lowest BCUT2D eigenvalue weighted by Crippen LogP contribution is -2.15. The van der Waals surface area contributed by atoms with E-state index in [2.05, 4.69) is 23.9 Å². The smallest absolute Gasteiger partial charge is 0.261 e. The number of sulfonamides is 1. The lowest BCUT2D eigenvalue weighted by Gasteiger charge is -2.12. The van der Waals surface area contributed by atoms with E-state index in [9.17, 15) is 13.2 Å². The number of fused-ring (bicyclic) bond motifs is 1. The number of carbonyl (C=O) groups is 1. The number of benzene rings is 2. The quantitative estimate of drug-likeness (QED) is 0.810. The lowest BCUT2D eigenvalue weighted by atomic mass is 10.0. The highest BCUT2D eigenvalue weighted by Gasteiger charge is 2.22. The van der Waals surface area contributed by atoms with Crippen LogP contribution in [0.2, 0.25) is 0 Å². The van der Waals surface area contributed by atoms with Crippen LogP contribution in [0.1, 0.15) is 38.7 Å². The summed E-state index contributed by atoms with van der Waals surface area (Å²) in [5.74, 6) is 0.282. The summed E-state index contributed by atoms with van der Waals surface area (Å²) in [5, 5.41) is 2.95. The number of rotatable bonds is 4. The third kappa shape index (κ3) is 4.22. The standard InChI is InChI=1S/C19H22N2O3S2/c1-12(2)14-4-6-15(7-5-14)21-26(23,24)16-8-9-18-17(11-16)20-19(22)10-13(3)25-18/h4-9,11-13,21H,10H2,1-3H3,(H,20,22)/t13-/m1/s1. The summed E-state index contributed by atoms with van der Waals surface area (Å²) < 4.78 is 28.0. The molecule has 1 amide bonds. The topological polar surface area (TPSA) is 75.3 Å². The van der Waals surface area contributed by atoms with Crippen molar-refractivity contribution in [2.75, 3.05) is 10.0 Å². The van der Waals surface area contributed by atoms with Crippen molar-refractivity contribution in [1.29, 1.82) is 0 Å². The summed E-state index contributed by atoms with van der Waals surface area (Å²) in [6.45, 7) is 6.15. The molecule has 0 spiro atoms. The summed E-state index contributed by atoms with van der Waals surface area (Å²) in [6, 6.07) is 12.2. The number of thioether (sulfide) groups is 1. The minimum absolute atomic E-state index is 0.101. The van der Waals surface area contributed by atoms with Crippen LogP contribution in [0.15, 0.2) is 52.3 Å². The number of hydrogen-bond donors (Lipinski definition) is 2. The molecular formula is C19H22N2O3S2. The van der Waals surface area contributed by atoms with Crippen LogP contribution in [0.4, 0.5) is 11.4 Å². The summed E-state index contributed by atoms with van der Waals surface area (Å²) in [5.41, 5.74) is 2.20. The molecule has 2 aromatic carbocycles. The first-order valence-electron chi connectivity index (χ1n) is 8.48. The molecule has 2 aromatic rings. The lowest BCUT2D eigenvalue weighted by molar-refractivity contribution is -0.116. The average molecular weight is 391 g/mol. The normalized spacial score (nSPS) is 17.4. The van der Waals surface area contributed by atoms with Crippen molar-refractivity contribution < 1.29 is 13.2 Å². The second kappa shape index (κ2) is 7.32. The molecule has 26 heavy (non-hydrogen) atoms. The highest BCUT2D eigenvalue weighted by atomic mass is 32.2. The van der Waals surface area contributed by atoms with E-state index in [4.69, 9.17) is 0 Å². The van der Waals surface area contributed by atoms with Gasteiger partial charge in [-0.3, -0.25) is 9.52 Å². The van der Waals surface area contributed by atoms with Gasteiger partial charge in [0.05, 0.1) is 10.6 Å². The molecule has 0 aromatic heterocycles. The number of nitrogens with one attached hydrogen (secondary N) is 2. The Morgan fingerprint density at radius 1 is 1.15 bits per heavy atom. The van der Waals surface area contributed by atoms with E-state index < -0.39 is 10.0 Å². The maximum atomic E-state index is 12.7. The molecule has 1 atom stereocenters. The van der Waals surface area contributed by atoms with E-state index in [0.717, 1.165) is 10.5 Å². The molecule has 0 aliphatic carbocycles. The highest BCUT2D eigenvalue weighted by Crippen LogP contribution is 2.36. The Morgan fingerprint density at radius 2 is 1.85 bits per heavy atom. The first kappa shape index (κ1) is 18.8. The second-order valence-electron chi connectivity index (χ2n) is 6.72. The van der Waals surface area contributed by atoms with Gasteiger partial charge in [0.2, 0.25) is 5.91 Å². The van der Waals surface area contributed by atoms with E-state index in [-0.39, 0.29) is 16.1 Å². The fourth-order valence-corrected chi connectivity index (χ4v) is 4.88. The SMILES string of the molecule is CC(C)c1ccc(NS(=O)(=O)c2ccc3c(c2)NC(=O)C[C@@H](C)S3)cc1. The van der Waals surface area contributed by atoms with E-state index in [1.807, 2.05) is 19.1 Å². The third-order valence-corrected chi connectivity index (χ3v) is 6.72. The first-order chi connectivity index (χ1) is 12.2. The summed E-state index contributed by atoms with van der Waals surface area (Å²) in [4.78, 5) is 12.9. The molecule has 0 saturated heterocycles. The molecule has 1 aliphatic rings. The van der Waals surface area contributed by atoms with Crippen molar-refractivity contribution in [3.63, 3.8) is 0 Å². The van der Waals surface area contributed by atoms with Gasteiger partial charge in [-0.1, -0.05) is 32.9 Å².